The highest BCUT2D eigenvalue weighted by molar-refractivity contribution is 8.01. The Balaban J connectivity index is 2.18. The quantitative estimate of drug-likeness (QED) is 0.121. The Hall–Kier alpha value is -1.94. The monoisotopic (exact) mass is 607 g/mol. The third-order valence-electron chi connectivity index (χ3n) is 7.33. The van der Waals surface area contributed by atoms with Crippen molar-refractivity contribution in [3.05, 3.63) is 42.5 Å². The second-order valence-electron chi connectivity index (χ2n) is 10.5. The molecule has 0 bridgehead atoms. The van der Waals surface area contributed by atoms with Crippen LogP contribution in [-0.4, -0.2) is 58.0 Å². The van der Waals surface area contributed by atoms with Gasteiger partial charge in [-0.3, -0.25) is 0 Å². The van der Waals surface area contributed by atoms with E-state index in [1.165, 1.54) is 23.5 Å². The predicted octanol–water partition coefficient (Wildman–Crippen LogP) is 8.32. The Kier molecular flexibility index (Phi) is 17.2. The van der Waals surface area contributed by atoms with Gasteiger partial charge in [0.05, 0.1) is 25.0 Å². The van der Waals surface area contributed by atoms with E-state index in [4.69, 9.17) is 9.47 Å². The molecule has 0 spiro atoms. The summed E-state index contributed by atoms with van der Waals surface area (Å²) < 4.78 is 11.8. The largest absolute Gasteiger partial charge is 0.479 e. The van der Waals surface area contributed by atoms with Crippen LogP contribution in [0.25, 0.3) is 10.8 Å². The van der Waals surface area contributed by atoms with Gasteiger partial charge in [-0.1, -0.05) is 126 Å². The number of fused-ring (bicyclic) bond motifs is 1. The number of unbranched alkanes of at least 4 members (excludes halogenated alkanes) is 2. The Morgan fingerprint density at radius 1 is 0.756 bits per heavy atom. The molecule has 0 radical (unpaired) electrons. The van der Waals surface area contributed by atoms with Gasteiger partial charge in [-0.15, -0.1) is 0 Å². The normalized spacial score (nSPS) is 14.4. The summed E-state index contributed by atoms with van der Waals surface area (Å²) in [5.74, 6) is -0.695. The summed E-state index contributed by atoms with van der Waals surface area (Å²) in [6.07, 6.45) is 8.35. The summed E-state index contributed by atoms with van der Waals surface area (Å²) in [5.41, 5.74) is -1.10. The molecular weight excluding hydrogens is 558 g/mol. The first-order valence-corrected chi connectivity index (χ1v) is 17.1. The molecule has 4 atom stereocenters. The van der Waals surface area contributed by atoms with Crippen molar-refractivity contribution in [2.45, 2.75) is 89.9 Å². The van der Waals surface area contributed by atoms with Crippen LogP contribution in [0.3, 0.4) is 0 Å². The predicted molar refractivity (Wildman–Crippen MR) is 173 cm³/mol. The number of anilines is 1. The van der Waals surface area contributed by atoms with E-state index in [9.17, 15) is 19.8 Å². The average molecular weight is 608 g/mol. The molecule has 2 rings (SSSR count). The van der Waals surface area contributed by atoms with E-state index >= 15 is 0 Å². The molecule has 0 fully saturated rings. The smallest absolute Gasteiger partial charge is 0.343 e. The Bertz CT molecular complexity index is 991. The number of carboxylic acids is 2. The molecule has 0 saturated carbocycles. The molecule has 0 heterocycles. The van der Waals surface area contributed by atoms with Crippen LogP contribution in [0.15, 0.2) is 42.5 Å². The Morgan fingerprint density at radius 3 is 1.71 bits per heavy atom. The minimum atomic E-state index is -1.01. The second kappa shape index (κ2) is 20.1. The van der Waals surface area contributed by atoms with E-state index in [2.05, 4.69) is 27.7 Å². The number of rotatable bonds is 23. The van der Waals surface area contributed by atoms with Crippen LogP contribution in [0.1, 0.15) is 79.1 Å². The summed E-state index contributed by atoms with van der Waals surface area (Å²) in [6.45, 7) is 9.35. The first-order valence-electron chi connectivity index (χ1n) is 15.0. The number of ether oxygens (including phenoxy) is 2. The first-order chi connectivity index (χ1) is 19.8. The number of benzene rings is 2. The van der Waals surface area contributed by atoms with Crippen LogP contribution in [0.2, 0.25) is 0 Å². The third kappa shape index (κ3) is 12.4. The van der Waals surface area contributed by atoms with Gasteiger partial charge in [0.1, 0.15) is 0 Å². The van der Waals surface area contributed by atoms with Crippen molar-refractivity contribution in [1.29, 1.82) is 0 Å². The van der Waals surface area contributed by atoms with Crippen LogP contribution < -0.4 is 4.90 Å². The number of carbonyl (C=O) groups is 2. The van der Waals surface area contributed by atoms with Crippen LogP contribution in [0, 0.1) is 11.8 Å². The van der Waals surface area contributed by atoms with E-state index in [0.29, 0.717) is 36.8 Å². The molecule has 2 N–H and O–H groups in total. The van der Waals surface area contributed by atoms with Gasteiger partial charge in [0.15, 0.2) is 0 Å². The topological polar surface area (TPSA) is 96.3 Å². The van der Waals surface area contributed by atoms with Crippen LogP contribution in [0.4, 0.5) is 5.69 Å². The molecule has 4 unspecified atom stereocenters. The van der Waals surface area contributed by atoms with Crippen molar-refractivity contribution in [3.8, 4) is 0 Å². The van der Waals surface area contributed by atoms with E-state index in [0.717, 1.165) is 67.8 Å². The van der Waals surface area contributed by atoms with Crippen LogP contribution in [-0.2, 0) is 19.1 Å². The van der Waals surface area contributed by atoms with Crippen LogP contribution in [0.5, 0.6) is 0 Å². The number of hydrogen-bond acceptors (Lipinski definition) is 7. The number of thioether (sulfide) groups is 2. The van der Waals surface area contributed by atoms with Gasteiger partial charge in [-0.2, -0.15) is 0 Å². The molecule has 0 aliphatic rings. The van der Waals surface area contributed by atoms with Crippen molar-refractivity contribution in [3.63, 3.8) is 0 Å². The molecule has 0 aromatic heterocycles. The maximum absolute atomic E-state index is 12.1. The van der Waals surface area contributed by atoms with Crippen molar-refractivity contribution in [1.82, 2.24) is 0 Å². The molecule has 230 valence electrons. The number of aliphatic carboxylic acids is 2. The number of nitrogens with zero attached hydrogens (tertiary/aromatic N) is 1. The third-order valence-corrected chi connectivity index (χ3v) is 9.53. The van der Waals surface area contributed by atoms with Crippen molar-refractivity contribution >= 4 is 51.9 Å². The van der Waals surface area contributed by atoms with Gasteiger partial charge in [-0.05, 0) is 36.1 Å². The lowest BCUT2D eigenvalue weighted by Crippen LogP contribution is -2.31. The summed E-state index contributed by atoms with van der Waals surface area (Å²) in [4.78, 5) is 26.3. The summed E-state index contributed by atoms with van der Waals surface area (Å²) in [5, 5.41) is 21.9. The van der Waals surface area contributed by atoms with Crippen LogP contribution >= 0.6 is 23.5 Å². The van der Waals surface area contributed by atoms with Crippen molar-refractivity contribution in [2.24, 2.45) is 11.8 Å². The van der Waals surface area contributed by atoms with E-state index < -0.39 is 22.8 Å². The van der Waals surface area contributed by atoms with Crippen molar-refractivity contribution < 1.29 is 29.3 Å². The van der Waals surface area contributed by atoms with Gasteiger partial charge >= 0.3 is 11.9 Å². The summed E-state index contributed by atoms with van der Waals surface area (Å²) >= 11 is 2.42. The number of hydrogen-bond donors (Lipinski definition) is 2. The maximum atomic E-state index is 12.1. The number of carboxylic acid groups (broad SMARTS) is 2. The molecule has 9 heteroatoms. The first kappa shape index (κ1) is 35.3. The lowest BCUT2D eigenvalue weighted by molar-refractivity contribution is -0.146. The minimum absolute atomic E-state index is 0.324. The lowest BCUT2D eigenvalue weighted by atomic mass is 10.0. The Morgan fingerprint density at radius 2 is 1.24 bits per heavy atom. The fraction of sp³-hybridized carbons (Fsp3) is 0.625. The molecule has 2 aromatic carbocycles. The van der Waals surface area contributed by atoms with E-state index in [1.54, 1.807) is 0 Å². The standard InChI is InChI=1S/C32H49NO6S2/c1-5-9-14-24(7-3)20-38-31(29(34)35)40-22-33(28-19-13-17-26-16-11-12-18-27(26)28)23-41-32(30(36)37)39-21-25(8-4)15-10-6-2/h11-13,16-19,24-25,31-32H,5-10,14-15,20-23H2,1-4H3,(H,34,35)(H,36,37). The molecule has 0 amide bonds. The molecule has 0 aliphatic heterocycles. The van der Waals surface area contributed by atoms with Gasteiger partial charge in [0.25, 0.3) is 0 Å². The highest BCUT2D eigenvalue weighted by Crippen LogP contribution is 2.32. The van der Waals surface area contributed by atoms with Gasteiger partial charge in [0.2, 0.25) is 10.9 Å². The molecule has 0 aliphatic carbocycles. The highest BCUT2D eigenvalue weighted by Gasteiger charge is 2.25. The highest BCUT2D eigenvalue weighted by atomic mass is 32.2. The fourth-order valence-corrected chi connectivity index (χ4v) is 6.44. The van der Waals surface area contributed by atoms with E-state index in [-0.39, 0.29) is 0 Å². The van der Waals surface area contributed by atoms with Gasteiger partial charge in [-0.25, -0.2) is 9.59 Å². The summed E-state index contributed by atoms with van der Waals surface area (Å²) in [7, 11) is 0. The average Bonchev–Trinajstić information content (AvgIpc) is 2.98. The SMILES string of the molecule is CCCCC(CC)COC(SCN(CSC(OCC(CC)CCCC)C(=O)O)c1cccc2ccccc12)C(=O)O. The lowest BCUT2D eigenvalue weighted by Gasteiger charge is -2.28. The Labute approximate surface area is 254 Å². The zero-order chi connectivity index (χ0) is 30.0. The summed E-state index contributed by atoms with van der Waals surface area (Å²) in [6, 6.07) is 14.0. The maximum Gasteiger partial charge on any atom is 0.343 e. The molecule has 2 aromatic rings. The van der Waals surface area contributed by atoms with Gasteiger partial charge < -0.3 is 24.6 Å². The molecular formula is C32H49NO6S2. The van der Waals surface area contributed by atoms with E-state index in [1.807, 2.05) is 47.4 Å². The zero-order valence-corrected chi connectivity index (χ0v) is 26.8. The van der Waals surface area contributed by atoms with Gasteiger partial charge in [0, 0.05) is 11.1 Å². The minimum Gasteiger partial charge on any atom is -0.479 e. The van der Waals surface area contributed by atoms with Crippen molar-refractivity contribution in [2.75, 3.05) is 29.9 Å². The zero-order valence-electron chi connectivity index (χ0n) is 25.1. The second-order valence-corrected chi connectivity index (χ2v) is 12.5. The fourth-order valence-electron chi connectivity index (χ4n) is 4.60. The molecule has 0 saturated heterocycles. The molecule has 7 nitrogen and oxygen atoms in total. The molecule has 41 heavy (non-hydrogen) atoms.